The summed E-state index contributed by atoms with van der Waals surface area (Å²) in [6.45, 7) is 0.384. The molecule has 1 heterocycles. The molecule has 5 heteroatoms. The molecule has 92 valence electrons. The van der Waals surface area contributed by atoms with Crippen molar-refractivity contribution in [3.63, 3.8) is 0 Å². The maximum absolute atomic E-state index is 10.9. The van der Waals surface area contributed by atoms with E-state index in [1.807, 2.05) is 24.3 Å². The Hall–Kier alpha value is -2.40. The van der Waals surface area contributed by atoms with Crippen LogP contribution in [-0.4, -0.2) is 10.9 Å². The van der Waals surface area contributed by atoms with E-state index in [-0.39, 0.29) is 0 Å². The maximum Gasteiger partial charge on any atom is 0.250 e. The molecule has 0 aliphatic carbocycles. The number of aromatic nitrogens is 1. The van der Waals surface area contributed by atoms with Gasteiger partial charge >= 0.3 is 0 Å². The van der Waals surface area contributed by atoms with E-state index in [2.05, 4.69) is 4.98 Å². The number of carbonyl (C=O) groups is 1. The number of ether oxygens (including phenoxy) is 1. The lowest BCUT2D eigenvalue weighted by Gasteiger charge is -2.08. The number of para-hydroxylation sites is 1. The van der Waals surface area contributed by atoms with Crippen LogP contribution in [0, 0.1) is 0 Å². The number of nitrogens with two attached hydrogens (primary N) is 2. The number of nitrogens with zero attached hydrogens (tertiary/aromatic N) is 1. The van der Waals surface area contributed by atoms with Crippen molar-refractivity contribution in [2.24, 2.45) is 11.5 Å². The number of pyridine rings is 1. The van der Waals surface area contributed by atoms with E-state index in [0.29, 0.717) is 23.7 Å². The van der Waals surface area contributed by atoms with Crippen LogP contribution in [0.25, 0.3) is 0 Å². The molecular weight excluding hydrogens is 230 g/mol. The van der Waals surface area contributed by atoms with Crippen LogP contribution < -0.4 is 16.2 Å². The first kappa shape index (κ1) is 12.1. The van der Waals surface area contributed by atoms with Crippen molar-refractivity contribution in [2.45, 2.75) is 6.54 Å². The maximum atomic E-state index is 10.9. The van der Waals surface area contributed by atoms with Crippen LogP contribution >= 0.6 is 0 Å². The second-order valence-corrected chi connectivity index (χ2v) is 3.66. The molecule has 0 spiro atoms. The molecule has 1 aromatic heterocycles. The van der Waals surface area contributed by atoms with Gasteiger partial charge in [0.1, 0.15) is 5.75 Å². The van der Waals surface area contributed by atoms with Gasteiger partial charge in [0, 0.05) is 24.4 Å². The van der Waals surface area contributed by atoms with Gasteiger partial charge < -0.3 is 16.2 Å². The third kappa shape index (κ3) is 2.64. The lowest BCUT2D eigenvalue weighted by molar-refractivity contribution is 0.1000. The Morgan fingerprint density at radius 1 is 1.22 bits per heavy atom. The van der Waals surface area contributed by atoms with Gasteiger partial charge in [-0.05, 0) is 12.1 Å². The average molecular weight is 243 g/mol. The van der Waals surface area contributed by atoms with Crippen LogP contribution in [-0.2, 0) is 6.54 Å². The molecule has 0 saturated carbocycles. The number of hydrogen-bond donors (Lipinski definition) is 2. The molecule has 2 rings (SSSR count). The van der Waals surface area contributed by atoms with Crippen LogP contribution in [0.15, 0.2) is 42.6 Å². The Kier molecular flexibility index (Phi) is 3.54. The third-order valence-corrected chi connectivity index (χ3v) is 2.43. The molecule has 1 amide bonds. The van der Waals surface area contributed by atoms with E-state index < -0.39 is 5.91 Å². The van der Waals surface area contributed by atoms with E-state index >= 15 is 0 Å². The van der Waals surface area contributed by atoms with Crippen LogP contribution in [0.1, 0.15) is 15.9 Å². The van der Waals surface area contributed by atoms with Gasteiger partial charge in [-0.1, -0.05) is 18.2 Å². The summed E-state index contributed by atoms with van der Waals surface area (Å²) in [5.41, 5.74) is 12.0. The quantitative estimate of drug-likeness (QED) is 0.849. The Bertz CT molecular complexity index is 552. The molecule has 2 aromatic rings. The zero-order chi connectivity index (χ0) is 13.0. The monoisotopic (exact) mass is 243 g/mol. The second kappa shape index (κ2) is 5.29. The number of benzene rings is 1. The minimum atomic E-state index is -0.517. The van der Waals surface area contributed by atoms with Gasteiger partial charge in [0.05, 0.1) is 5.56 Å². The highest BCUT2D eigenvalue weighted by Crippen LogP contribution is 2.23. The van der Waals surface area contributed by atoms with Crippen LogP contribution in [0.3, 0.4) is 0 Å². The number of carbonyl (C=O) groups excluding carboxylic acids is 1. The molecule has 0 aliphatic rings. The number of rotatable bonds is 4. The summed E-state index contributed by atoms with van der Waals surface area (Å²) in [5.74, 6) is 0.525. The largest absolute Gasteiger partial charge is 0.439 e. The van der Waals surface area contributed by atoms with Crippen LogP contribution in [0.2, 0.25) is 0 Å². The van der Waals surface area contributed by atoms with E-state index in [0.717, 1.165) is 5.56 Å². The minimum absolute atomic E-state index is 0.342. The molecule has 0 unspecified atom stereocenters. The van der Waals surface area contributed by atoms with Crippen molar-refractivity contribution < 1.29 is 9.53 Å². The standard InChI is InChI=1S/C13H13N3O2/c14-7-9-3-1-2-4-11(9)18-12-6-5-10(8-16-12)13(15)17/h1-6,8H,7,14H2,(H2,15,17). The van der Waals surface area contributed by atoms with Crippen molar-refractivity contribution in [3.8, 4) is 11.6 Å². The van der Waals surface area contributed by atoms with Crippen molar-refractivity contribution in [1.29, 1.82) is 0 Å². The van der Waals surface area contributed by atoms with Gasteiger partial charge in [-0.3, -0.25) is 4.79 Å². The number of amides is 1. The lowest BCUT2D eigenvalue weighted by atomic mass is 10.2. The predicted molar refractivity (Wildman–Crippen MR) is 67.2 cm³/mol. The fourth-order valence-electron chi connectivity index (χ4n) is 1.47. The van der Waals surface area contributed by atoms with Gasteiger partial charge in [0.2, 0.25) is 11.8 Å². The molecule has 0 bridgehead atoms. The Morgan fingerprint density at radius 2 is 2.00 bits per heavy atom. The molecule has 1 aromatic carbocycles. The third-order valence-electron chi connectivity index (χ3n) is 2.43. The van der Waals surface area contributed by atoms with E-state index in [1.165, 1.54) is 6.20 Å². The van der Waals surface area contributed by atoms with Crippen LogP contribution in [0.5, 0.6) is 11.6 Å². The van der Waals surface area contributed by atoms with Crippen LogP contribution in [0.4, 0.5) is 0 Å². The SMILES string of the molecule is NCc1ccccc1Oc1ccc(C(N)=O)cn1. The Balaban J connectivity index is 2.21. The van der Waals surface area contributed by atoms with Crippen molar-refractivity contribution in [3.05, 3.63) is 53.7 Å². The summed E-state index contributed by atoms with van der Waals surface area (Å²) in [7, 11) is 0. The summed E-state index contributed by atoms with van der Waals surface area (Å²) in [4.78, 5) is 14.9. The number of hydrogen-bond acceptors (Lipinski definition) is 4. The van der Waals surface area contributed by atoms with Gasteiger partial charge in [-0.25, -0.2) is 4.98 Å². The van der Waals surface area contributed by atoms with Gasteiger partial charge in [0.25, 0.3) is 0 Å². The molecule has 0 radical (unpaired) electrons. The highest BCUT2D eigenvalue weighted by Gasteiger charge is 2.05. The first-order valence-corrected chi connectivity index (χ1v) is 5.42. The van der Waals surface area contributed by atoms with E-state index in [9.17, 15) is 4.79 Å². The summed E-state index contributed by atoms with van der Waals surface area (Å²) < 4.78 is 5.59. The smallest absolute Gasteiger partial charge is 0.250 e. The highest BCUT2D eigenvalue weighted by atomic mass is 16.5. The highest BCUT2D eigenvalue weighted by molar-refractivity contribution is 5.92. The molecule has 0 saturated heterocycles. The topological polar surface area (TPSA) is 91.2 Å². The van der Waals surface area contributed by atoms with E-state index in [1.54, 1.807) is 12.1 Å². The zero-order valence-corrected chi connectivity index (χ0v) is 9.67. The van der Waals surface area contributed by atoms with Gasteiger partial charge in [-0.2, -0.15) is 0 Å². The molecule has 0 aliphatic heterocycles. The van der Waals surface area contributed by atoms with Crippen molar-refractivity contribution in [2.75, 3.05) is 0 Å². The fraction of sp³-hybridized carbons (Fsp3) is 0.0769. The first-order chi connectivity index (χ1) is 8.70. The van der Waals surface area contributed by atoms with Gasteiger partial charge in [0.15, 0.2) is 0 Å². The molecule has 0 atom stereocenters. The molecule has 4 N–H and O–H groups in total. The molecule has 0 fully saturated rings. The normalized spacial score (nSPS) is 10.1. The molecule has 18 heavy (non-hydrogen) atoms. The average Bonchev–Trinajstić information content (AvgIpc) is 2.40. The Labute approximate surface area is 104 Å². The zero-order valence-electron chi connectivity index (χ0n) is 9.67. The molecule has 5 nitrogen and oxygen atoms in total. The lowest BCUT2D eigenvalue weighted by Crippen LogP contribution is -2.11. The van der Waals surface area contributed by atoms with Crippen molar-refractivity contribution in [1.82, 2.24) is 4.98 Å². The predicted octanol–water partition coefficient (Wildman–Crippen LogP) is 1.43. The summed E-state index contributed by atoms with van der Waals surface area (Å²) in [5, 5.41) is 0. The second-order valence-electron chi connectivity index (χ2n) is 3.66. The first-order valence-electron chi connectivity index (χ1n) is 5.42. The van der Waals surface area contributed by atoms with Crippen molar-refractivity contribution >= 4 is 5.91 Å². The Morgan fingerprint density at radius 3 is 2.61 bits per heavy atom. The minimum Gasteiger partial charge on any atom is -0.439 e. The number of primary amides is 1. The fourth-order valence-corrected chi connectivity index (χ4v) is 1.47. The van der Waals surface area contributed by atoms with Gasteiger partial charge in [-0.15, -0.1) is 0 Å². The summed E-state index contributed by atoms with van der Waals surface area (Å²) in [6.07, 6.45) is 1.38. The summed E-state index contributed by atoms with van der Waals surface area (Å²) in [6, 6.07) is 10.6. The summed E-state index contributed by atoms with van der Waals surface area (Å²) >= 11 is 0. The molecular formula is C13H13N3O2. The van der Waals surface area contributed by atoms with E-state index in [4.69, 9.17) is 16.2 Å².